The molecule has 1 aromatic heterocycles. The molecule has 1 aliphatic rings. The van der Waals surface area contributed by atoms with Crippen molar-refractivity contribution in [3.05, 3.63) is 23.7 Å². The van der Waals surface area contributed by atoms with Gasteiger partial charge in [0.05, 0.1) is 19.2 Å². The van der Waals surface area contributed by atoms with Crippen LogP contribution in [0.15, 0.2) is 18.0 Å². The van der Waals surface area contributed by atoms with Crippen molar-refractivity contribution in [2.75, 3.05) is 18.6 Å². The summed E-state index contributed by atoms with van der Waals surface area (Å²) in [4.78, 5) is 28.8. The Morgan fingerprint density at radius 2 is 2.56 bits per heavy atom. The first-order chi connectivity index (χ1) is 8.63. The molecule has 0 aliphatic carbocycles. The highest BCUT2D eigenvalue weighted by Crippen LogP contribution is 2.28. The Hall–Kier alpha value is -1.69. The quantitative estimate of drug-likeness (QED) is 0.610. The van der Waals surface area contributed by atoms with E-state index < -0.39 is 0 Å². The molecule has 1 fully saturated rings. The number of amides is 1. The van der Waals surface area contributed by atoms with E-state index >= 15 is 0 Å². The number of thiazole rings is 1. The maximum Gasteiger partial charge on any atom is 0.311 e. The van der Waals surface area contributed by atoms with Crippen LogP contribution in [0.5, 0.6) is 0 Å². The van der Waals surface area contributed by atoms with Crippen molar-refractivity contribution in [1.29, 1.82) is 0 Å². The molecule has 2 heterocycles. The summed E-state index contributed by atoms with van der Waals surface area (Å²) in [5.74, 6) is -0.0899. The van der Waals surface area contributed by atoms with E-state index in [2.05, 4.69) is 16.3 Å². The van der Waals surface area contributed by atoms with Gasteiger partial charge in [0.2, 0.25) is 5.91 Å². The van der Waals surface area contributed by atoms with Crippen LogP contribution in [0.3, 0.4) is 0 Å². The zero-order chi connectivity index (χ0) is 13.1. The molecule has 0 aromatic carbocycles. The third-order valence-corrected chi connectivity index (χ3v) is 3.72. The molecule has 2 rings (SSSR count). The van der Waals surface area contributed by atoms with Gasteiger partial charge in [-0.1, -0.05) is 6.08 Å². The number of methoxy groups -OCH3 is 1. The van der Waals surface area contributed by atoms with Crippen LogP contribution in [0.4, 0.5) is 5.13 Å². The molecule has 1 saturated heterocycles. The lowest BCUT2D eigenvalue weighted by Crippen LogP contribution is -2.24. The minimum absolute atomic E-state index is 0.0545. The smallest absolute Gasteiger partial charge is 0.311 e. The van der Waals surface area contributed by atoms with E-state index in [1.807, 2.05) is 0 Å². The van der Waals surface area contributed by atoms with Crippen molar-refractivity contribution < 1.29 is 14.3 Å². The molecule has 1 atom stereocenters. The Labute approximate surface area is 109 Å². The zero-order valence-corrected chi connectivity index (χ0v) is 10.9. The monoisotopic (exact) mass is 266 g/mol. The molecule has 0 spiro atoms. The van der Waals surface area contributed by atoms with E-state index in [-0.39, 0.29) is 24.2 Å². The van der Waals surface area contributed by atoms with Crippen LogP contribution in [0.2, 0.25) is 0 Å². The highest BCUT2D eigenvalue weighted by molar-refractivity contribution is 7.14. The molecule has 0 saturated carbocycles. The number of esters is 1. The predicted molar refractivity (Wildman–Crippen MR) is 68.5 cm³/mol. The molecule has 0 N–H and O–H groups in total. The summed E-state index contributed by atoms with van der Waals surface area (Å²) in [6.07, 6.45) is 2.41. The van der Waals surface area contributed by atoms with Crippen LogP contribution in [0.25, 0.3) is 0 Å². The fraction of sp³-hybridized carbons (Fsp3) is 0.417. The number of carbonyl (C=O) groups excluding carboxylic acids is 2. The summed E-state index contributed by atoms with van der Waals surface area (Å²) in [5, 5.41) is 2.42. The van der Waals surface area contributed by atoms with Crippen molar-refractivity contribution in [2.24, 2.45) is 5.92 Å². The fourth-order valence-electron chi connectivity index (χ4n) is 1.80. The van der Waals surface area contributed by atoms with Gasteiger partial charge in [-0.25, -0.2) is 4.98 Å². The SMILES string of the molecule is C=CC1CC(=O)N(c2nc(CC(=O)OC)cs2)C1. The summed E-state index contributed by atoms with van der Waals surface area (Å²) in [5.41, 5.74) is 0.636. The van der Waals surface area contributed by atoms with Crippen LogP contribution in [-0.2, 0) is 20.7 Å². The Morgan fingerprint density at radius 1 is 1.78 bits per heavy atom. The Kier molecular flexibility index (Phi) is 3.76. The second-order valence-corrected chi connectivity index (χ2v) is 4.92. The van der Waals surface area contributed by atoms with Crippen LogP contribution in [-0.4, -0.2) is 30.5 Å². The Morgan fingerprint density at radius 3 is 3.17 bits per heavy atom. The average molecular weight is 266 g/mol. The van der Waals surface area contributed by atoms with E-state index in [0.29, 0.717) is 23.8 Å². The van der Waals surface area contributed by atoms with E-state index in [4.69, 9.17) is 0 Å². The summed E-state index contributed by atoms with van der Waals surface area (Å²) < 4.78 is 4.58. The number of ether oxygens (including phenoxy) is 1. The number of carbonyl (C=O) groups is 2. The first-order valence-electron chi connectivity index (χ1n) is 5.58. The van der Waals surface area contributed by atoms with Gasteiger partial charge < -0.3 is 4.74 Å². The third kappa shape index (κ3) is 2.59. The maximum absolute atomic E-state index is 11.8. The van der Waals surface area contributed by atoms with Gasteiger partial charge in [0.25, 0.3) is 0 Å². The molecule has 18 heavy (non-hydrogen) atoms. The maximum atomic E-state index is 11.8. The second-order valence-electron chi connectivity index (χ2n) is 4.08. The Bertz CT molecular complexity index is 483. The topological polar surface area (TPSA) is 59.5 Å². The molecule has 1 aliphatic heterocycles. The fourth-order valence-corrected chi connectivity index (χ4v) is 2.65. The van der Waals surface area contributed by atoms with Crippen molar-refractivity contribution >= 4 is 28.3 Å². The van der Waals surface area contributed by atoms with Crippen molar-refractivity contribution in [3.8, 4) is 0 Å². The van der Waals surface area contributed by atoms with Gasteiger partial charge in [0, 0.05) is 24.3 Å². The van der Waals surface area contributed by atoms with Crippen LogP contribution in [0, 0.1) is 5.92 Å². The molecular weight excluding hydrogens is 252 g/mol. The molecule has 96 valence electrons. The number of rotatable bonds is 4. The van der Waals surface area contributed by atoms with Crippen molar-refractivity contribution in [3.63, 3.8) is 0 Å². The lowest BCUT2D eigenvalue weighted by Gasteiger charge is -2.11. The molecule has 0 radical (unpaired) electrons. The molecule has 6 heteroatoms. The lowest BCUT2D eigenvalue weighted by molar-refractivity contribution is -0.139. The van der Waals surface area contributed by atoms with Crippen molar-refractivity contribution in [1.82, 2.24) is 4.98 Å². The van der Waals surface area contributed by atoms with Crippen LogP contribution in [0.1, 0.15) is 12.1 Å². The second kappa shape index (κ2) is 5.30. The van der Waals surface area contributed by atoms with Gasteiger partial charge in [-0.05, 0) is 0 Å². The van der Waals surface area contributed by atoms with E-state index in [1.165, 1.54) is 18.4 Å². The average Bonchev–Trinajstić information content (AvgIpc) is 2.95. The number of hydrogen-bond donors (Lipinski definition) is 0. The first kappa shape index (κ1) is 12.8. The molecule has 0 bridgehead atoms. The van der Waals surface area contributed by atoms with Gasteiger partial charge in [-0.3, -0.25) is 14.5 Å². The van der Waals surface area contributed by atoms with E-state index in [9.17, 15) is 9.59 Å². The highest BCUT2D eigenvalue weighted by atomic mass is 32.1. The number of hydrogen-bond acceptors (Lipinski definition) is 5. The molecule has 1 amide bonds. The van der Waals surface area contributed by atoms with Gasteiger partial charge in [-0.15, -0.1) is 17.9 Å². The number of aromatic nitrogens is 1. The standard InChI is InChI=1S/C12H14N2O3S/c1-3-8-4-10(15)14(6-8)12-13-9(7-18-12)5-11(16)17-2/h3,7-8H,1,4-6H2,2H3. The van der Waals surface area contributed by atoms with Crippen LogP contribution < -0.4 is 4.90 Å². The van der Waals surface area contributed by atoms with Gasteiger partial charge in [0.1, 0.15) is 0 Å². The van der Waals surface area contributed by atoms with Gasteiger partial charge >= 0.3 is 5.97 Å². The summed E-state index contributed by atoms with van der Waals surface area (Å²) in [6, 6.07) is 0. The summed E-state index contributed by atoms with van der Waals surface area (Å²) in [7, 11) is 1.34. The predicted octanol–water partition coefficient (Wildman–Crippen LogP) is 1.40. The van der Waals surface area contributed by atoms with Gasteiger partial charge in [0.15, 0.2) is 5.13 Å². The summed E-state index contributed by atoms with van der Waals surface area (Å²) >= 11 is 1.37. The molecule has 5 nitrogen and oxygen atoms in total. The summed E-state index contributed by atoms with van der Waals surface area (Å²) in [6.45, 7) is 4.32. The molecule has 1 unspecified atom stereocenters. The largest absolute Gasteiger partial charge is 0.469 e. The molecule has 1 aromatic rings. The third-order valence-electron chi connectivity index (χ3n) is 2.81. The molecular formula is C12H14N2O3S. The van der Waals surface area contributed by atoms with Gasteiger partial charge in [-0.2, -0.15) is 0 Å². The zero-order valence-electron chi connectivity index (χ0n) is 10.1. The Balaban J connectivity index is 2.08. The number of anilines is 1. The lowest BCUT2D eigenvalue weighted by atomic mass is 10.1. The first-order valence-corrected chi connectivity index (χ1v) is 6.46. The van der Waals surface area contributed by atoms with Crippen LogP contribution >= 0.6 is 11.3 Å². The van der Waals surface area contributed by atoms with Crippen molar-refractivity contribution in [2.45, 2.75) is 12.8 Å². The minimum Gasteiger partial charge on any atom is -0.469 e. The highest BCUT2D eigenvalue weighted by Gasteiger charge is 2.30. The van der Waals surface area contributed by atoms with E-state index in [1.54, 1.807) is 16.4 Å². The number of nitrogens with zero attached hydrogens (tertiary/aromatic N) is 2. The normalized spacial score (nSPS) is 19.1. The van der Waals surface area contributed by atoms with E-state index in [0.717, 1.165) is 0 Å². The minimum atomic E-state index is -0.330.